The van der Waals surface area contributed by atoms with Crippen LogP contribution in [0.25, 0.3) is 0 Å². The summed E-state index contributed by atoms with van der Waals surface area (Å²) < 4.78 is 22.8. The van der Waals surface area contributed by atoms with Crippen LogP contribution in [-0.4, -0.2) is 44.6 Å². The lowest BCUT2D eigenvalue weighted by atomic mass is 9.95. The SMILES string of the molecule is CCC(CC)OC(=O)C1(COc2c(C(=O)c3cccc4c3CNC4=O)ccc(OC)c2OC)CC1. The maximum atomic E-state index is 13.7. The molecule has 4 rings (SSSR count). The van der Waals surface area contributed by atoms with Crippen molar-refractivity contribution in [3.63, 3.8) is 0 Å². The van der Waals surface area contributed by atoms with Crippen LogP contribution < -0.4 is 19.5 Å². The first kappa shape index (κ1) is 24.6. The van der Waals surface area contributed by atoms with Gasteiger partial charge < -0.3 is 24.3 Å². The van der Waals surface area contributed by atoms with Crippen molar-refractivity contribution in [2.45, 2.75) is 52.2 Å². The molecule has 0 atom stereocenters. The Hall–Kier alpha value is -3.55. The lowest BCUT2D eigenvalue weighted by Crippen LogP contribution is -2.29. The number of amides is 1. The summed E-state index contributed by atoms with van der Waals surface area (Å²) in [4.78, 5) is 38.7. The van der Waals surface area contributed by atoms with E-state index in [-0.39, 0.29) is 54.0 Å². The molecule has 1 amide bonds. The van der Waals surface area contributed by atoms with Crippen LogP contribution in [-0.2, 0) is 16.1 Å². The topological polar surface area (TPSA) is 100 Å². The average molecular weight is 482 g/mol. The summed E-state index contributed by atoms with van der Waals surface area (Å²) in [5, 5.41) is 2.76. The predicted molar refractivity (Wildman–Crippen MR) is 128 cm³/mol. The first-order valence-corrected chi connectivity index (χ1v) is 11.9. The quantitative estimate of drug-likeness (QED) is 0.381. The van der Waals surface area contributed by atoms with Crippen LogP contribution in [0.15, 0.2) is 30.3 Å². The molecule has 0 aromatic heterocycles. The monoisotopic (exact) mass is 481 g/mol. The maximum absolute atomic E-state index is 13.7. The molecule has 0 bridgehead atoms. The molecule has 1 heterocycles. The van der Waals surface area contributed by atoms with Crippen molar-refractivity contribution in [1.82, 2.24) is 5.32 Å². The van der Waals surface area contributed by atoms with Gasteiger partial charge in [-0.3, -0.25) is 14.4 Å². The third-order valence-electron chi connectivity index (χ3n) is 6.80. The highest BCUT2D eigenvalue weighted by molar-refractivity contribution is 6.14. The standard InChI is InChI=1S/C27H31NO7/c1-5-16(6-2)35-26(31)27(12-13-27)15-34-23-19(10-11-21(32-3)24(23)33-4)22(29)17-8-7-9-18-20(17)14-28-25(18)30/h7-11,16H,5-6,12-15H2,1-4H3,(H,28,30). The molecular formula is C27H31NO7. The second-order valence-corrected chi connectivity index (χ2v) is 8.93. The molecular weight excluding hydrogens is 450 g/mol. The number of nitrogens with one attached hydrogen (secondary N) is 1. The predicted octanol–water partition coefficient (Wildman–Crippen LogP) is 4.07. The smallest absolute Gasteiger partial charge is 0.315 e. The van der Waals surface area contributed by atoms with Crippen molar-refractivity contribution >= 4 is 17.7 Å². The number of hydrogen-bond acceptors (Lipinski definition) is 7. The Morgan fingerprint density at radius 3 is 2.37 bits per heavy atom. The minimum atomic E-state index is -0.735. The number of hydrogen-bond donors (Lipinski definition) is 1. The Kier molecular flexibility index (Phi) is 7.00. The van der Waals surface area contributed by atoms with E-state index >= 15 is 0 Å². The van der Waals surface area contributed by atoms with E-state index in [9.17, 15) is 14.4 Å². The van der Waals surface area contributed by atoms with Gasteiger partial charge in [0.1, 0.15) is 18.1 Å². The molecule has 1 aliphatic carbocycles. The molecule has 0 saturated heterocycles. The number of benzene rings is 2. The number of carbonyl (C=O) groups is 3. The summed E-state index contributed by atoms with van der Waals surface area (Å²) in [7, 11) is 2.97. The highest BCUT2D eigenvalue weighted by atomic mass is 16.6. The minimum Gasteiger partial charge on any atom is -0.493 e. The van der Waals surface area contributed by atoms with Crippen molar-refractivity contribution in [3.8, 4) is 17.2 Å². The molecule has 35 heavy (non-hydrogen) atoms. The summed E-state index contributed by atoms with van der Waals surface area (Å²) in [5.41, 5.74) is 1.07. The van der Waals surface area contributed by atoms with E-state index in [1.54, 1.807) is 30.3 Å². The lowest BCUT2D eigenvalue weighted by Gasteiger charge is -2.22. The van der Waals surface area contributed by atoms with E-state index in [1.807, 2.05) is 13.8 Å². The molecule has 0 radical (unpaired) electrons. The van der Waals surface area contributed by atoms with Gasteiger partial charge >= 0.3 is 5.97 Å². The van der Waals surface area contributed by atoms with Crippen molar-refractivity contribution in [2.24, 2.45) is 5.41 Å². The molecule has 0 unspecified atom stereocenters. The van der Waals surface area contributed by atoms with Crippen LogP contribution in [0.5, 0.6) is 17.2 Å². The fourth-order valence-corrected chi connectivity index (χ4v) is 4.33. The maximum Gasteiger partial charge on any atom is 0.315 e. The van der Waals surface area contributed by atoms with Crippen LogP contribution in [0.4, 0.5) is 0 Å². The number of rotatable bonds is 11. The largest absolute Gasteiger partial charge is 0.493 e. The Morgan fingerprint density at radius 2 is 1.74 bits per heavy atom. The molecule has 8 nitrogen and oxygen atoms in total. The fraction of sp³-hybridized carbons (Fsp3) is 0.444. The number of fused-ring (bicyclic) bond motifs is 1. The Morgan fingerprint density at radius 1 is 1.00 bits per heavy atom. The number of methoxy groups -OCH3 is 2. The van der Waals surface area contributed by atoms with Gasteiger partial charge in [0.2, 0.25) is 5.75 Å². The first-order chi connectivity index (χ1) is 16.9. The number of ether oxygens (including phenoxy) is 4. The van der Waals surface area contributed by atoms with Crippen molar-refractivity contribution in [2.75, 3.05) is 20.8 Å². The number of esters is 1. The fourth-order valence-electron chi connectivity index (χ4n) is 4.33. The van der Waals surface area contributed by atoms with Gasteiger partial charge in [-0.2, -0.15) is 0 Å². The molecule has 2 aliphatic rings. The van der Waals surface area contributed by atoms with Crippen LogP contribution in [0.2, 0.25) is 0 Å². The molecule has 1 N–H and O–H groups in total. The van der Waals surface area contributed by atoms with Crippen molar-refractivity contribution in [1.29, 1.82) is 0 Å². The van der Waals surface area contributed by atoms with E-state index < -0.39 is 5.41 Å². The zero-order valence-corrected chi connectivity index (χ0v) is 20.6. The van der Waals surface area contributed by atoms with Crippen LogP contribution in [0.1, 0.15) is 71.4 Å². The number of ketones is 1. The van der Waals surface area contributed by atoms with E-state index in [2.05, 4.69) is 5.32 Å². The van der Waals surface area contributed by atoms with Crippen LogP contribution in [0.3, 0.4) is 0 Å². The zero-order chi connectivity index (χ0) is 25.2. The summed E-state index contributed by atoms with van der Waals surface area (Å²) >= 11 is 0. The summed E-state index contributed by atoms with van der Waals surface area (Å²) in [6, 6.07) is 8.33. The molecule has 2 aromatic carbocycles. The third kappa shape index (κ3) is 4.57. The highest BCUT2D eigenvalue weighted by Crippen LogP contribution is 2.49. The van der Waals surface area contributed by atoms with E-state index in [4.69, 9.17) is 18.9 Å². The zero-order valence-electron chi connectivity index (χ0n) is 20.6. The first-order valence-electron chi connectivity index (χ1n) is 11.9. The second kappa shape index (κ2) is 9.98. The van der Waals surface area contributed by atoms with Gasteiger partial charge in [0, 0.05) is 17.7 Å². The normalized spacial score (nSPS) is 15.3. The third-order valence-corrected chi connectivity index (χ3v) is 6.80. The molecule has 186 valence electrons. The van der Waals surface area contributed by atoms with E-state index in [0.29, 0.717) is 35.3 Å². The average Bonchev–Trinajstić information content (AvgIpc) is 3.59. The van der Waals surface area contributed by atoms with Crippen molar-refractivity contribution < 1.29 is 33.3 Å². The summed E-state index contributed by atoms with van der Waals surface area (Å²) in [6.07, 6.45) is 2.68. The lowest BCUT2D eigenvalue weighted by molar-refractivity contribution is -0.157. The van der Waals surface area contributed by atoms with Gasteiger partial charge in [-0.15, -0.1) is 0 Å². The van der Waals surface area contributed by atoms with Gasteiger partial charge in [0.25, 0.3) is 5.91 Å². The highest BCUT2D eigenvalue weighted by Gasteiger charge is 2.53. The molecule has 1 fully saturated rings. The Labute approximate surface area is 204 Å². The van der Waals surface area contributed by atoms with Gasteiger partial charge in [0.05, 0.1) is 19.8 Å². The summed E-state index contributed by atoms with van der Waals surface area (Å²) in [5.74, 6) is 0.0894. The van der Waals surface area contributed by atoms with Crippen LogP contribution in [0, 0.1) is 5.41 Å². The minimum absolute atomic E-state index is 0.0583. The van der Waals surface area contributed by atoms with Crippen molar-refractivity contribution in [3.05, 3.63) is 52.6 Å². The van der Waals surface area contributed by atoms with Crippen LogP contribution >= 0.6 is 0 Å². The van der Waals surface area contributed by atoms with Gasteiger partial charge in [-0.1, -0.05) is 26.0 Å². The van der Waals surface area contributed by atoms with Gasteiger partial charge in [0.15, 0.2) is 17.3 Å². The molecule has 8 heteroatoms. The van der Waals surface area contributed by atoms with Gasteiger partial charge in [-0.25, -0.2) is 0 Å². The molecule has 1 saturated carbocycles. The summed E-state index contributed by atoms with van der Waals surface area (Å²) in [6.45, 7) is 4.31. The molecule has 0 spiro atoms. The molecule has 1 aliphatic heterocycles. The number of carbonyl (C=O) groups excluding carboxylic acids is 3. The van der Waals surface area contributed by atoms with E-state index in [1.165, 1.54) is 14.2 Å². The Balaban J connectivity index is 1.67. The molecule has 2 aromatic rings. The van der Waals surface area contributed by atoms with E-state index in [0.717, 1.165) is 12.8 Å². The Bertz CT molecular complexity index is 1150. The van der Waals surface area contributed by atoms with Gasteiger partial charge in [-0.05, 0) is 49.4 Å². The second-order valence-electron chi connectivity index (χ2n) is 8.93.